The van der Waals surface area contributed by atoms with Crippen molar-refractivity contribution in [3.63, 3.8) is 0 Å². The van der Waals surface area contributed by atoms with E-state index in [1.165, 1.54) is 5.56 Å². The zero-order chi connectivity index (χ0) is 18.8. The fraction of sp³-hybridized carbons (Fsp3) is 0.273. The minimum atomic E-state index is -0.311. The number of benzene rings is 2. The van der Waals surface area contributed by atoms with Crippen LogP contribution in [0.4, 0.5) is 11.4 Å². The van der Waals surface area contributed by atoms with Gasteiger partial charge in [0.15, 0.2) is 0 Å². The van der Waals surface area contributed by atoms with Crippen LogP contribution in [0.15, 0.2) is 42.5 Å². The van der Waals surface area contributed by atoms with Crippen molar-refractivity contribution in [3.05, 3.63) is 64.3 Å². The SMILES string of the molecule is CCOC(=O)c1cccc(Nc2c3c(nc4cc(Cl)ccc24)CCCC3)c1. The second-order valence-corrected chi connectivity index (χ2v) is 7.14. The van der Waals surface area contributed by atoms with Crippen molar-refractivity contribution in [3.8, 4) is 0 Å². The van der Waals surface area contributed by atoms with E-state index >= 15 is 0 Å². The molecule has 0 spiro atoms. The molecule has 0 bridgehead atoms. The summed E-state index contributed by atoms with van der Waals surface area (Å²) in [5.41, 5.74) is 5.75. The lowest BCUT2D eigenvalue weighted by Gasteiger charge is -2.22. The van der Waals surface area contributed by atoms with Crippen molar-refractivity contribution in [2.45, 2.75) is 32.6 Å². The molecule has 1 N–H and O–H groups in total. The first-order chi connectivity index (χ1) is 13.2. The highest BCUT2D eigenvalue weighted by molar-refractivity contribution is 6.31. The first-order valence-electron chi connectivity index (χ1n) is 9.31. The highest BCUT2D eigenvalue weighted by atomic mass is 35.5. The maximum Gasteiger partial charge on any atom is 0.338 e. The number of aryl methyl sites for hydroxylation is 1. The molecule has 5 heteroatoms. The Hall–Kier alpha value is -2.59. The molecular formula is C22H21ClN2O2. The fourth-order valence-electron chi connectivity index (χ4n) is 3.62. The monoisotopic (exact) mass is 380 g/mol. The number of pyridine rings is 1. The molecule has 4 rings (SSSR count). The molecule has 0 saturated heterocycles. The van der Waals surface area contributed by atoms with Gasteiger partial charge in [-0.15, -0.1) is 0 Å². The van der Waals surface area contributed by atoms with Crippen LogP contribution in [0.2, 0.25) is 5.02 Å². The average Bonchev–Trinajstić information content (AvgIpc) is 2.68. The lowest BCUT2D eigenvalue weighted by molar-refractivity contribution is 0.0526. The molecule has 0 atom stereocenters. The number of rotatable bonds is 4. The summed E-state index contributed by atoms with van der Waals surface area (Å²) in [4.78, 5) is 16.9. The second kappa shape index (κ2) is 7.57. The largest absolute Gasteiger partial charge is 0.462 e. The summed E-state index contributed by atoms with van der Waals surface area (Å²) in [5, 5.41) is 5.27. The highest BCUT2D eigenvalue weighted by Gasteiger charge is 2.19. The summed E-state index contributed by atoms with van der Waals surface area (Å²) in [5.74, 6) is -0.311. The average molecular weight is 381 g/mol. The Morgan fingerprint density at radius 1 is 1.19 bits per heavy atom. The third-order valence-corrected chi connectivity index (χ3v) is 5.10. The van der Waals surface area contributed by atoms with Gasteiger partial charge in [0.2, 0.25) is 0 Å². The van der Waals surface area contributed by atoms with Gasteiger partial charge in [0.25, 0.3) is 0 Å². The number of anilines is 2. The minimum absolute atomic E-state index is 0.311. The number of fused-ring (bicyclic) bond motifs is 2. The van der Waals surface area contributed by atoms with Crippen LogP contribution in [-0.2, 0) is 17.6 Å². The second-order valence-electron chi connectivity index (χ2n) is 6.71. The van der Waals surface area contributed by atoms with Gasteiger partial charge in [-0.05, 0) is 74.6 Å². The summed E-state index contributed by atoms with van der Waals surface area (Å²) >= 11 is 6.19. The van der Waals surface area contributed by atoms with E-state index in [-0.39, 0.29) is 5.97 Å². The molecule has 138 valence electrons. The van der Waals surface area contributed by atoms with Crippen LogP contribution in [0.25, 0.3) is 10.9 Å². The standard InChI is InChI=1S/C22H21ClN2O2/c1-2-27-22(26)14-6-5-7-16(12-14)24-21-17-8-3-4-9-19(17)25-20-13-15(23)10-11-18(20)21/h5-7,10-13H,2-4,8-9H2,1H3,(H,24,25). The first kappa shape index (κ1) is 17.8. The van der Waals surface area contributed by atoms with Gasteiger partial charge in [-0.2, -0.15) is 0 Å². The Balaban J connectivity index is 1.79. The lowest BCUT2D eigenvalue weighted by Crippen LogP contribution is -2.10. The van der Waals surface area contributed by atoms with Crippen molar-refractivity contribution in [2.75, 3.05) is 11.9 Å². The molecule has 3 aromatic rings. The van der Waals surface area contributed by atoms with Crippen molar-refractivity contribution in [2.24, 2.45) is 0 Å². The predicted molar refractivity (Wildman–Crippen MR) is 109 cm³/mol. The number of carbonyl (C=O) groups is 1. The number of aromatic nitrogens is 1. The zero-order valence-corrected chi connectivity index (χ0v) is 16.0. The number of nitrogens with one attached hydrogen (secondary N) is 1. The predicted octanol–water partition coefficient (Wildman–Crippen LogP) is 5.69. The van der Waals surface area contributed by atoms with Crippen LogP contribution < -0.4 is 5.32 Å². The molecule has 27 heavy (non-hydrogen) atoms. The Bertz CT molecular complexity index is 1020. The van der Waals surface area contributed by atoms with Crippen molar-refractivity contribution < 1.29 is 9.53 Å². The van der Waals surface area contributed by atoms with E-state index < -0.39 is 0 Å². The van der Waals surface area contributed by atoms with Gasteiger partial charge in [-0.3, -0.25) is 4.98 Å². The van der Waals surface area contributed by atoms with Gasteiger partial charge >= 0.3 is 5.97 Å². The lowest BCUT2D eigenvalue weighted by atomic mass is 9.92. The summed E-state index contributed by atoms with van der Waals surface area (Å²) in [7, 11) is 0. The molecule has 0 fully saturated rings. The van der Waals surface area contributed by atoms with E-state index in [1.54, 1.807) is 13.0 Å². The summed E-state index contributed by atoms with van der Waals surface area (Å²) in [6, 6.07) is 13.2. The van der Waals surface area contributed by atoms with Crippen LogP contribution in [-0.4, -0.2) is 17.6 Å². The fourth-order valence-corrected chi connectivity index (χ4v) is 3.79. The number of hydrogen-bond donors (Lipinski definition) is 1. The normalized spacial score (nSPS) is 13.3. The van der Waals surface area contributed by atoms with Crippen LogP contribution in [0.3, 0.4) is 0 Å². The summed E-state index contributed by atoms with van der Waals surface area (Å²) in [6.45, 7) is 2.17. The van der Waals surface area contributed by atoms with Gasteiger partial charge in [0.1, 0.15) is 0 Å². The van der Waals surface area contributed by atoms with Crippen molar-refractivity contribution in [1.29, 1.82) is 0 Å². The van der Waals surface area contributed by atoms with E-state index in [2.05, 4.69) is 5.32 Å². The number of carbonyl (C=O) groups excluding carboxylic acids is 1. The van der Waals surface area contributed by atoms with Crippen LogP contribution in [0.1, 0.15) is 41.4 Å². The van der Waals surface area contributed by atoms with E-state index in [9.17, 15) is 4.79 Å². The third-order valence-electron chi connectivity index (χ3n) is 4.87. The Labute approximate surface area is 163 Å². The molecule has 1 aromatic heterocycles. The van der Waals surface area contributed by atoms with Gasteiger partial charge in [-0.25, -0.2) is 4.79 Å². The molecule has 0 unspecified atom stereocenters. The van der Waals surface area contributed by atoms with Crippen molar-refractivity contribution >= 4 is 39.8 Å². The molecule has 1 heterocycles. The van der Waals surface area contributed by atoms with Crippen LogP contribution in [0.5, 0.6) is 0 Å². The maximum atomic E-state index is 12.1. The smallest absolute Gasteiger partial charge is 0.338 e. The van der Waals surface area contributed by atoms with E-state index in [1.807, 2.05) is 36.4 Å². The van der Waals surface area contributed by atoms with E-state index in [4.69, 9.17) is 21.3 Å². The number of esters is 1. The molecule has 1 aliphatic rings. The molecule has 0 radical (unpaired) electrons. The number of halogens is 1. The first-order valence-corrected chi connectivity index (χ1v) is 9.68. The molecule has 2 aromatic carbocycles. The van der Waals surface area contributed by atoms with E-state index in [0.29, 0.717) is 17.2 Å². The van der Waals surface area contributed by atoms with Crippen LogP contribution >= 0.6 is 11.6 Å². The zero-order valence-electron chi connectivity index (χ0n) is 15.2. The van der Waals surface area contributed by atoms with Crippen molar-refractivity contribution in [1.82, 2.24) is 4.98 Å². The maximum absolute atomic E-state index is 12.1. The molecule has 0 aliphatic heterocycles. The quantitative estimate of drug-likeness (QED) is 0.591. The van der Waals surface area contributed by atoms with Crippen LogP contribution in [0, 0.1) is 0 Å². The Morgan fingerprint density at radius 3 is 2.89 bits per heavy atom. The van der Waals surface area contributed by atoms with Gasteiger partial charge in [0.05, 0.1) is 23.4 Å². The van der Waals surface area contributed by atoms with E-state index in [0.717, 1.165) is 53.7 Å². The molecule has 0 amide bonds. The summed E-state index contributed by atoms with van der Waals surface area (Å²) in [6.07, 6.45) is 4.30. The number of hydrogen-bond acceptors (Lipinski definition) is 4. The van der Waals surface area contributed by atoms with Gasteiger partial charge in [-0.1, -0.05) is 17.7 Å². The molecule has 4 nitrogen and oxygen atoms in total. The van der Waals surface area contributed by atoms with Gasteiger partial charge in [0, 0.05) is 21.8 Å². The highest BCUT2D eigenvalue weighted by Crippen LogP contribution is 2.36. The number of ether oxygens (including phenoxy) is 1. The summed E-state index contributed by atoms with van der Waals surface area (Å²) < 4.78 is 5.12. The number of nitrogens with zero attached hydrogens (tertiary/aromatic N) is 1. The third kappa shape index (κ3) is 3.62. The Morgan fingerprint density at radius 2 is 2.04 bits per heavy atom. The van der Waals surface area contributed by atoms with Gasteiger partial charge < -0.3 is 10.1 Å². The molecule has 0 saturated carbocycles. The molecular weight excluding hydrogens is 360 g/mol. The molecule has 1 aliphatic carbocycles. The topological polar surface area (TPSA) is 51.2 Å². The minimum Gasteiger partial charge on any atom is -0.462 e. The Kier molecular flexibility index (Phi) is 4.99.